The van der Waals surface area contributed by atoms with E-state index in [0.29, 0.717) is 23.5 Å². The molecular weight excluding hydrogens is 306 g/mol. The lowest BCUT2D eigenvalue weighted by atomic mass is 10.1. The van der Waals surface area contributed by atoms with Gasteiger partial charge in [0.05, 0.1) is 18.8 Å². The summed E-state index contributed by atoms with van der Waals surface area (Å²) in [5, 5.41) is 7.93. The molecule has 0 aliphatic carbocycles. The van der Waals surface area contributed by atoms with Crippen LogP contribution in [-0.2, 0) is 12.1 Å². The van der Waals surface area contributed by atoms with E-state index in [4.69, 9.17) is 4.74 Å². The van der Waals surface area contributed by atoms with Gasteiger partial charge < -0.3 is 10.1 Å². The number of aromatic amines is 1. The number of hydrogen-bond donors (Lipinski definition) is 2. The molecule has 2 aromatic heterocycles. The van der Waals surface area contributed by atoms with Crippen molar-refractivity contribution < 1.29 is 4.74 Å². The SMILES string of the molecule is COc1cccc(CNc2nc3c(cnn3C(C)(C)C)c(=O)[nH]2)c1. The summed E-state index contributed by atoms with van der Waals surface area (Å²) in [5.74, 6) is 1.21. The predicted molar refractivity (Wildman–Crippen MR) is 93.5 cm³/mol. The molecule has 0 spiro atoms. The van der Waals surface area contributed by atoms with Crippen molar-refractivity contribution in [2.24, 2.45) is 0 Å². The topological polar surface area (TPSA) is 84.8 Å². The predicted octanol–water partition coefficient (Wildman–Crippen LogP) is 2.50. The highest BCUT2D eigenvalue weighted by Gasteiger charge is 2.19. The number of nitrogens with one attached hydrogen (secondary N) is 2. The Balaban J connectivity index is 1.91. The second-order valence-electron chi connectivity index (χ2n) is 6.58. The minimum Gasteiger partial charge on any atom is -0.497 e. The van der Waals surface area contributed by atoms with Gasteiger partial charge in [0.15, 0.2) is 5.65 Å². The first-order valence-corrected chi connectivity index (χ1v) is 7.74. The summed E-state index contributed by atoms with van der Waals surface area (Å²) in [6.45, 7) is 6.58. The molecule has 0 aliphatic rings. The van der Waals surface area contributed by atoms with Crippen LogP contribution < -0.4 is 15.6 Å². The molecule has 3 rings (SSSR count). The number of nitrogens with zero attached hydrogens (tertiary/aromatic N) is 3. The third-order valence-corrected chi connectivity index (χ3v) is 3.67. The molecule has 7 nitrogen and oxygen atoms in total. The molecule has 0 saturated carbocycles. The molecule has 0 unspecified atom stereocenters. The second-order valence-corrected chi connectivity index (χ2v) is 6.58. The maximum absolute atomic E-state index is 12.2. The summed E-state index contributed by atoms with van der Waals surface area (Å²) in [6.07, 6.45) is 1.55. The largest absolute Gasteiger partial charge is 0.497 e. The lowest BCUT2D eigenvalue weighted by Gasteiger charge is -2.19. The Bertz CT molecular complexity index is 921. The Kier molecular flexibility index (Phi) is 4.01. The Morgan fingerprint density at radius 1 is 1.33 bits per heavy atom. The molecule has 0 aliphatic heterocycles. The number of rotatable bonds is 4. The average molecular weight is 327 g/mol. The van der Waals surface area contributed by atoms with Crippen LogP contribution in [0.4, 0.5) is 5.95 Å². The van der Waals surface area contributed by atoms with Crippen molar-refractivity contribution >= 4 is 17.0 Å². The lowest BCUT2D eigenvalue weighted by molar-refractivity contribution is 0.366. The van der Waals surface area contributed by atoms with E-state index in [0.717, 1.165) is 11.3 Å². The van der Waals surface area contributed by atoms with E-state index in [-0.39, 0.29) is 11.1 Å². The number of aromatic nitrogens is 4. The van der Waals surface area contributed by atoms with Gasteiger partial charge in [-0.1, -0.05) is 12.1 Å². The molecule has 0 amide bonds. The van der Waals surface area contributed by atoms with E-state index in [1.807, 2.05) is 45.0 Å². The van der Waals surface area contributed by atoms with Gasteiger partial charge in [0.2, 0.25) is 5.95 Å². The van der Waals surface area contributed by atoms with E-state index >= 15 is 0 Å². The van der Waals surface area contributed by atoms with Gasteiger partial charge in [0.1, 0.15) is 11.1 Å². The van der Waals surface area contributed by atoms with Crippen LogP contribution >= 0.6 is 0 Å². The van der Waals surface area contributed by atoms with E-state index in [9.17, 15) is 4.79 Å². The Labute approximate surface area is 139 Å². The molecule has 126 valence electrons. The van der Waals surface area contributed by atoms with E-state index in [2.05, 4.69) is 20.4 Å². The van der Waals surface area contributed by atoms with E-state index < -0.39 is 0 Å². The molecule has 0 radical (unpaired) electrons. The standard InChI is InChI=1S/C17H21N5O2/c1-17(2,3)22-14-13(10-19-22)15(23)21-16(20-14)18-9-11-6-5-7-12(8-11)24-4/h5-8,10H,9H2,1-4H3,(H2,18,20,21,23). The van der Waals surface area contributed by atoms with Crippen LogP contribution in [-0.4, -0.2) is 26.9 Å². The molecule has 24 heavy (non-hydrogen) atoms. The molecule has 0 saturated heterocycles. The molecule has 3 aromatic rings. The summed E-state index contributed by atoms with van der Waals surface area (Å²) in [7, 11) is 1.63. The molecular formula is C17H21N5O2. The molecule has 2 N–H and O–H groups in total. The molecule has 0 atom stereocenters. The van der Waals surface area contributed by atoms with Crippen LogP contribution in [0, 0.1) is 0 Å². The van der Waals surface area contributed by atoms with Crippen LogP contribution in [0.25, 0.3) is 11.0 Å². The molecule has 7 heteroatoms. The first kappa shape index (κ1) is 16.0. The first-order chi connectivity index (χ1) is 11.4. The van der Waals surface area contributed by atoms with Crippen molar-refractivity contribution in [3.8, 4) is 5.75 Å². The minimum atomic E-state index is -0.257. The summed E-state index contributed by atoms with van der Waals surface area (Å²) in [4.78, 5) is 19.5. The molecule has 1 aromatic carbocycles. The quantitative estimate of drug-likeness (QED) is 0.769. The van der Waals surface area contributed by atoms with Gasteiger partial charge in [-0.25, -0.2) is 4.68 Å². The summed E-state index contributed by atoms with van der Waals surface area (Å²) in [5.41, 5.74) is 1.14. The number of benzene rings is 1. The summed E-state index contributed by atoms with van der Waals surface area (Å²) < 4.78 is 6.97. The number of fused-ring (bicyclic) bond motifs is 1. The van der Waals surface area contributed by atoms with Gasteiger partial charge in [-0.2, -0.15) is 10.1 Å². The van der Waals surface area contributed by atoms with Crippen LogP contribution in [0.3, 0.4) is 0 Å². The zero-order valence-electron chi connectivity index (χ0n) is 14.3. The Morgan fingerprint density at radius 2 is 2.12 bits per heavy atom. The fourth-order valence-electron chi connectivity index (χ4n) is 2.46. The number of methoxy groups -OCH3 is 1. The van der Waals surface area contributed by atoms with Crippen LogP contribution in [0.15, 0.2) is 35.3 Å². The van der Waals surface area contributed by atoms with Gasteiger partial charge >= 0.3 is 0 Å². The Morgan fingerprint density at radius 3 is 2.83 bits per heavy atom. The normalized spacial score (nSPS) is 11.7. The van der Waals surface area contributed by atoms with Gasteiger partial charge in [-0.15, -0.1) is 0 Å². The number of anilines is 1. The highest BCUT2D eigenvalue weighted by atomic mass is 16.5. The van der Waals surface area contributed by atoms with Crippen LogP contribution in [0.2, 0.25) is 0 Å². The highest BCUT2D eigenvalue weighted by Crippen LogP contribution is 2.19. The zero-order valence-corrected chi connectivity index (χ0v) is 14.3. The number of hydrogen-bond acceptors (Lipinski definition) is 5. The monoisotopic (exact) mass is 327 g/mol. The van der Waals surface area contributed by atoms with Crippen molar-refractivity contribution in [3.63, 3.8) is 0 Å². The van der Waals surface area contributed by atoms with E-state index in [1.165, 1.54) is 0 Å². The van der Waals surface area contributed by atoms with E-state index in [1.54, 1.807) is 18.0 Å². The van der Waals surface area contributed by atoms with Crippen molar-refractivity contribution in [1.82, 2.24) is 19.7 Å². The van der Waals surface area contributed by atoms with Crippen molar-refractivity contribution in [1.29, 1.82) is 0 Å². The number of H-pyrrole nitrogens is 1. The van der Waals surface area contributed by atoms with Crippen LogP contribution in [0.1, 0.15) is 26.3 Å². The third-order valence-electron chi connectivity index (χ3n) is 3.67. The number of ether oxygens (including phenoxy) is 1. The Hall–Kier alpha value is -2.83. The molecule has 0 bridgehead atoms. The van der Waals surface area contributed by atoms with Gasteiger partial charge in [0, 0.05) is 6.54 Å². The third kappa shape index (κ3) is 3.10. The van der Waals surface area contributed by atoms with Gasteiger partial charge in [-0.05, 0) is 38.5 Å². The fourth-order valence-corrected chi connectivity index (χ4v) is 2.46. The smallest absolute Gasteiger partial charge is 0.263 e. The maximum atomic E-state index is 12.2. The fraction of sp³-hybridized carbons (Fsp3) is 0.353. The first-order valence-electron chi connectivity index (χ1n) is 7.74. The van der Waals surface area contributed by atoms with Crippen molar-refractivity contribution in [3.05, 3.63) is 46.4 Å². The zero-order chi connectivity index (χ0) is 17.3. The highest BCUT2D eigenvalue weighted by molar-refractivity contribution is 5.74. The molecule has 0 fully saturated rings. The van der Waals surface area contributed by atoms with Gasteiger partial charge in [-0.3, -0.25) is 9.78 Å². The second kappa shape index (κ2) is 5.99. The van der Waals surface area contributed by atoms with Crippen LogP contribution in [0.5, 0.6) is 5.75 Å². The van der Waals surface area contributed by atoms with Crippen molar-refractivity contribution in [2.45, 2.75) is 32.9 Å². The van der Waals surface area contributed by atoms with Crippen molar-refractivity contribution in [2.75, 3.05) is 12.4 Å². The average Bonchev–Trinajstić information content (AvgIpc) is 2.98. The molecule has 2 heterocycles. The minimum absolute atomic E-state index is 0.205. The van der Waals surface area contributed by atoms with Gasteiger partial charge in [0.25, 0.3) is 5.56 Å². The summed E-state index contributed by atoms with van der Waals surface area (Å²) >= 11 is 0. The summed E-state index contributed by atoms with van der Waals surface area (Å²) in [6, 6.07) is 7.72. The lowest BCUT2D eigenvalue weighted by Crippen LogP contribution is -2.24. The maximum Gasteiger partial charge on any atom is 0.263 e.